The smallest absolute Gasteiger partial charge is 0.330 e. The monoisotopic (exact) mass is 246 g/mol. The zero-order valence-electron chi connectivity index (χ0n) is 8.62. The summed E-state index contributed by atoms with van der Waals surface area (Å²) in [4.78, 5) is 24.2. The van der Waals surface area contributed by atoms with Gasteiger partial charge in [-0.25, -0.2) is 9.18 Å². The van der Waals surface area contributed by atoms with Gasteiger partial charge in [0.1, 0.15) is 12.2 Å². The summed E-state index contributed by atoms with van der Waals surface area (Å²) in [6.07, 6.45) is -4.73. The van der Waals surface area contributed by atoms with Gasteiger partial charge in [0, 0.05) is 12.3 Å². The number of halogens is 1. The van der Waals surface area contributed by atoms with Crippen molar-refractivity contribution in [3.05, 3.63) is 33.1 Å². The number of rotatable bonds is 2. The van der Waals surface area contributed by atoms with Crippen LogP contribution >= 0.6 is 0 Å². The number of alkyl halides is 1. The predicted molar refractivity (Wildman–Crippen MR) is 53.2 cm³/mol. The molecule has 0 aromatic carbocycles. The number of hydrogen-bond acceptors (Lipinski definition) is 5. The van der Waals surface area contributed by atoms with E-state index in [1.54, 1.807) is 0 Å². The summed E-state index contributed by atoms with van der Waals surface area (Å²) < 4.78 is 19.5. The molecule has 8 heteroatoms. The molecule has 7 nitrogen and oxygen atoms in total. The highest BCUT2D eigenvalue weighted by Gasteiger charge is 2.45. The van der Waals surface area contributed by atoms with Crippen LogP contribution in [0.1, 0.15) is 6.23 Å². The average molecular weight is 246 g/mol. The number of aliphatic hydroxyl groups is 2. The number of nitrogens with zero attached hydrogens (tertiary/aromatic N) is 1. The molecule has 1 aliphatic rings. The molecule has 0 saturated carbocycles. The van der Waals surface area contributed by atoms with Crippen molar-refractivity contribution in [1.82, 2.24) is 9.55 Å². The van der Waals surface area contributed by atoms with Gasteiger partial charge in [-0.1, -0.05) is 0 Å². The van der Waals surface area contributed by atoms with E-state index >= 15 is 0 Å². The summed E-state index contributed by atoms with van der Waals surface area (Å²) in [6.45, 7) is -0.559. The number of aromatic nitrogens is 2. The van der Waals surface area contributed by atoms with E-state index in [1.807, 2.05) is 4.98 Å². The van der Waals surface area contributed by atoms with E-state index in [2.05, 4.69) is 0 Å². The Kier molecular flexibility index (Phi) is 3.09. The maximum absolute atomic E-state index is 13.6. The summed E-state index contributed by atoms with van der Waals surface area (Å²) >= 11 is 0. The van der Waals surface area contributed by atoms with Crippen LogP contribution in [0.4, 0.5) is 4.39 Å². The third-order valence-corrected chi connectivity index (χ3v) is 2.60. The highest BCUT2D eigenvalue weighted by atomic mass is 19.1. The molecule has 17 heavy (non-hydrogen) atoms. The van der Waals surface area contributed by atoms with Crippen LogP contribution in [0.2, 0.25) is 0 Å². The van der Waals surface area contributed by atoms with Gasteiger partial charge in [0.25, 0.3) is 5.56 Å². The van der Waals surface area contributed by atoms with Crippen molar-refractivity contribution in [3.8, 4) is 0 Å². The molecule has 1 fully saturated rings. The minimum Gasteiger partial charge on any atom is -0.394 e. The second-order valence-corrected chi connectivity index (χ2v) is 3.70. The first-order valence-corrected chi connectivity index (χ1v) is 4.94. The van der Waals surface area contributed by atoms with Crippen molar-refractivity contribution in [2.75, 3.05) is 6.61 Å². The Morgan fingerprint density at radius 2 is 2.24 bits per heavy atom. The SMILES string of the molecule is O=c1ccn([C@@H]2O[C@H](CO)[C@H](O)[C@H]2F)c(=O)[nH]1. The number of hydrogen-bond donors (Lipinski definition) is 3. The molecule has 4 atom stereocenters. The molecule has 0 radical (unpaired) electrons. The minimum absolute atomic E-state index is 0.559. The van der Waals surface area contributed by atoms with E-state index in [-0.39, 0.29) is 0 Å². The molecule has 2 rings (SSSR count). The molecule has 0 aliphatic carbocycles. The Morgan fingerprint density at radius 1 is 1.53 bits per heavy atom. The zero-order chi connectivity index (χ0) is 12.6. The van der Waals surface area contributed by atoms with Crippen LogP contribution in [0.25, 0.3) is 0 Å². The second-order valence-electron chi connectivity index (χ2n) is 3.70. The zero-order valence-corrected chi connectivity index (χ0v) is 8.62. The quantitative estimate of drug-likeness (QED) is 0.567. The number of ether oxygens (including phenoxy) is 1. The highest BCUT2D eigenvalue weighted by molar-refractivity contribution is 4.93. The first-order chi connectivity index (χ1) is 8.04. The molecule has 1 aromatic rings. The average Bonchev–Trinajstić information content (AvgIpc) is 2.57. The predicted octanol–water partition coefficient (Wildman–Crippen LogP) is -1.87. The fourth-order valence-corrected chi connectivity index (χ4v) is 1.71. The van der Waals surface area contributed by atoms with Gasteiger partial charge in [0.15, 0.2) is 12.4 Å². The van der Waals surface area contributed by atoms with E-state index in [4.69, 9.17) is 9.84 Å². The van der Waals surface area contributed by atoms with Crippen LogP contribution in [-0.2, 0) is 4.74 Å². The fourth-order valence-electron chi connectivity index (χ4n) is 1.71. The summed E-state index contributed by atoms with van der Waals surface area (Å²) in [5, 5.41) is 18.2. The largest absolute Gasteiger partial charge is 0.394 e. The molecule has 1 saturated heterocycles. The van der Waals surface area contributed by atoms with E-state index < -0.39 is 42.5 Å². The normalized spacial score (nSPS) is 32.9. The molecule has 3 N–H and O–H groups in total. The third-order valence-electron chi connectivity index (χ3n) is 2.60. The lowest BCUT2D eigenvalue weighted by Crippen LogP contribution is -2.35. The van der Waals surface area contributed by atoms with Gasteiger partial charge in [0.2, 0.25) is 0 Å². The van der Waals surface area contributed by atoms with E-state index in [1.165, 1.54) is 0 Å². The lowest BCUT2D eigenvalue weighted by Gasteiger charge is -2.15. The molecule has 2 heterocycles. The molecule has 1 aromatic heterocycles. The number of nitrogens with one attached hydrogen (secondary N) is 1. The van der Waals surface area contributed by atoms with Crippen LogP contribution < -0.4 is 11.2 Å². The van der Waals surface area contributed by atoms with Gasteiger partial charge in [-0.05, 0) is 0 Å². The van der Waals surface area contributed by atoms with Crippen LogP contribution in [-0.4, -0.2) is 44.8 Å². The molecule has 0 spiro atoms. The van der Waals surface area contributed by atoms with Gasteiger partial charge in [-0.3, -0.25) is 14.3 Å². The summed E-state index contributed by atoms with van der Waals surface area (Å²) in [7, 11) is 0. The Bertz CT molecular complexity index is 513. The van der Waals surface area contributed by atoms with Crippen LogP contribution in [0.15, 0.2) is 21.9 Å². The molecule has 1 aliphatic heterocycles. The molecular formula is C9H11FN2O5. The summed E-state index contributed by atoms with van der Waals surface area (Å²) in [6, 6.07) is 1.04. The van der Waals surface area contributed by atoms with Crippen molar-refractivity contribution in [2.45, 2.75) is 24.6 Å². The van der Waals surface area contributed by atoms with Crippen molar-refractivity contribution in [2.24, 2.45) is 0 Å². The Balaban J connectivity index is 2.35. The van der Waals surface area contributed by atoms with Crippen molar-refractivity contribution in [3.63, 3.8) is 0 Å². The van der Waals surface area contributed by atoms with Gasteiger partial charge < -0.3 is 14.9 Å². The number of aromatic amines is 1. The van der Waals surface area contributed by atoms with Gasteiger partial charge in [-0.15, -0.1) is 0 Å². The fraction of sp³-hybridized carbons (Fsp3) is 0.556. The van der Waals surface area contributed by atoms with Crippen LogP contribution in [0.5, 0.6) is 0 Å². The van der Waals surface area contributed by atoms with Gasteiger partial charge in [-0.2, -0.15) is 0 Å². The molecule has 94 valence electrons. The van der Waals surface area contributed by atoms with Crippen molar-refractivity contribution < 1.29 is 19.3 Å². The number of H-pyrrole nitrogens is 1. The van der Waals surface area contributed by atoms with Crippen molar-refractivity contribution >= 4 is 0 Å². The minimum atomic E-state index is -1.85. The summed E-state index contributed by atoms with van der Waals surface area (Å²) in [5.41, 5.74) is -1.45. The van der Waals surface area contributed by atoms with E-state index in [0.29, 0.717) is 0 Å². The molecular weight excluding hydrogens is 235 g/mol. The second kappa shape index (κ2) is 4.40. The third kappa shape index (κ3) is 2.02. The Labute approximate surface area is 94.1 Å². The topological polar surface area (TPSA) is 105 Å². The van der Waals surface area contributed by atoms with Crippen LogP contribution in [0.3, 0.4) is 0 Å². The number of aliphatic hydroxyl groups excluding tert-OH is 2. The van der Waals surface area contributed by atoms with E-state index in [0.717, 1.165) is 16.8 Å². The lowest BCUT2D eigenvalue weighted by molar-refractivity contribution is -0.0491. The molecule has 0 unspecified atom stereocenters. The maximum atomic E-state index is 13.6. The molecule has 0 amide bonds. The first-order valence-electron chi connectivity index (χ1n) is 4.94. The van der Waals surface area contributed by atoms with Crippen molar-refractivity contribution in [1.29, 1.82) is 0 Å². The Hall–Kier alpha value is -1.51. The van der Waals surface area contributed by atoms with Gasteiger partial charge >= 0.3 is 5.69 Å². The van der Waals surface area contributed by atoms with Gasteiger partial charge in [0.05, 0.1) is 6.61 Å². The Morgan fingerprint density at radius 3 is 2.76 bits per heavy atom. The summed E-state index contributed by atoms with van der Waals surface area (Å²) in [5.74, 6) is 0. The highest BCUT2D eigenvalue weighted by Crippen LogP contribution is 2.30. The van der Waals surface area contributed by atoms with E-state index in [9.17, 15) is 19.1 Å². The first kappa shape index (κ1) is 12.0. The molecule has 0 bridgehead atoms. The standard InChI is InChI=1S/C9H11FN2O5/c10-6-7(15)4(3-13)17-8(6)12-2-1-5(14)11-9(12)16/h1-2,4,6-8,13,15H,3H2,(H,11,14,16)/t4-,6-,7+,8-/m1/s1. The maximum Gasteiger partial charge on any atom is 0.330 e. The van der Waals surface area contributed by atoms with Crippen LogP contribution in [0, 0.1) is 0 Å². The lowest BCUT2D eigenvalue weighted by atomic mass is 10.1.